The van der Waals surface area contributed by atoms with Crippen LogP contribution in [0.15, 0.2) is 24.5 Å². The molecule has 2 aromatic heterocycles. The largest absolute Gasteiger partial charge is 0.365 e. The number of nitrogens with one attached hydrogen (secondary N) is 1. The molecule has 0 atom stereocenters. The second-order valence-corrected chi connectivity index (χ2v) is 5.63. The molecule has 0 bridgehead atoms. The van der Waals surface area contributed by atoms with Crippen LogP contribution >= 0.6 is 0 Å². The monoisotopic (exact) mass is 292 g/mol. The van der Waals surface area contributed by atoms with E-state index in [0.29, 0.717) is 6.54 Å². The molecule has 4 nitrogen and oxygen atoms in total. The molecule has 2 aromatic rings. The zero-order chi connectivity index (χ0) is 15.4. The summed E-state index contributed by atoms with van der Waals surface area (Å²) in [5.74, 6) is 0.726. The molecule has 0 saturated carbocycles. The summed E-state index contributed by atoms with van der Waals surface area (Å²) >= 11 is 0. The van der Waals surface area contributed by atoms with Crippen molar-refractivity contribution in [1.29, 1.82) is 5.26 Å². The number of nitrogens with zero attached hydrogens (tertiary/aromatic N) is 3. The van der Waals surface area contributed by atoms with Gasteiger partial charge in [0.15, 0.2) is 0 Å². The van der Waals surface area contributed by atoms with Gasteiger partial charge in [-0.3, -0.25) is 4.98 Å². The van der Waals surface area contributed by atoms with Crippen molar-refractivity contribution in [2.75, 3.05) is 5.32 Å². The highest BCUT2D eigenvalue weighted by atomic mass is 15.0. The van der Waals surface area contributed by atoms with E-state index in [2.05, 4.69) is 23.3 Å². The molecular weight excluding hydrogens is 272 g/mol. The molecule has 0 aromatic carbocycles. The van der Waals surface area contributed by atoms with Crippen molar-refractivity contribution in [3.8, 4) is 6.07 Å². The number of anilines is 1. The van der Waals surface area contributed by atoms with Crippen LogP contribution in [0.3, 0.4) is 0 Å². The van der Waals surface area contributed by atoms with Crippen molar-refractivity contribution in [3.05, 3.63) is 52.5 Å². The summed E-state index contributed by atoms with van der Waals surface area (Å²) in [7, 11) is 0. The maximum absolute atomic E-state index is 9.59. The predicted molar refractivity (Wildman–Crippen MR) is 86.5 cm³/mol. The van der Waals surface area contributed by atoms with Gasteiger partial charge in [-0.25, -0.2) is 4.98 Å². The highest BCUT2D eigenvalue weighted by Gasteiger charge is 2.21. The number of hydrogen-bond acceptors (Lipinski definition) is 4. The standard InChI is InChI=1S/C18H20N4/c1-2-17-15-8-4-3-7-14(15)16(10-19)18(22-17)21-12-13-6-5-9-20-11-13/h5-6,9,11H,2-4,7-8,12H2,1H3,(H,21,22). The molecule has 0 unspecified atom stereocenters. The average Bonchev–Trinajstić information content (AvgIpc) is 2.59. The SMILES string of the molecule is CCc1nc(NCc2cccnc2)c(C#N)c2c1CCCC2. The van der Waals surface area contributed by atoms with Crippen molar-refractivity contribution in [2.24, 2.45) is 0 Å². The van der Waals surface area contributed by atoms with Crippen LogP contribution < -0.4 is 5.32 Å². The van der Waals surface area contributed by atoms with Gasteiger partial charge in [-0.15, -0.1) is 0 Å². The first-order chi connectivity index (χ1) is 10.8. The first kappa shape index (κ1) is 14.5. The zero-order valence-corrected chi connectivity index (χ0v) is 12.9. The van der Waals surface area contributed by atoms with Gasteiger partial charge in [0.25, 0.3) is 0 Å². The lowest BCUT2D eigenvalue weighted by Gasteiger charge is -2.22. The van der Waals surface area contributed by atoms with Crippen LogP contribution in [0.25, 0.3) is 0 Å². The minimum absolute atomic E-state index is 0.636. The summed E-state index contributed by atoms with van der Waals surface area (Å²) in [4.78, 5) is 8.85. The van der Waals surface area contributed by atoms with Crippen LogP contribution in [0.1, 0.15) is 47.7 Å². The van der Waals surface area contributed by atoms with Crippen molar-refractivity contribution in [2.45, 2.75) is 45.6 Å². The maximum atomic E-state index is 9.59. The fourth-order valence-corrected chi connectivity index (χ4v) is 3.13. The lowest BCUT2D eigenvalue weighted by atomic mass is 9.87. The minimum atomic E-state index is 0.636. The van der Waals surface area contributed by atoms with Crippen LogP contribution in [0.2, 0.25) is 0 Å². The summed E-state index contributed by atoms with van der Waals surface area (Å²) in [5.41, 5.74) is 5.49. The summed E-state index contributed by atoms with van der Waals surface area (Å²) in [6, 6.07) is 6.31. The number of pyridine rings is 2. The highest BCUT2D eigenvalue weighted by Crippen LogP contribution is 2.30. The second kappa shape index (κ2) is 6.57. The van der Waals surface area contributed by atoms with E-state index in [4.69, 9.17) is 4.98 Å². The Bertz CT molecular complexity index is 701. The topological polar surface area (TPSA) is 61.6 Å². The van der Waals surface area contributed by atoms with E-state index in [1.165, 1.54) is 17.5 Å². The zero-order valence-electron chi connectivity index (χ0n) is 12.9. The predicted octanol–water partition coefficient (Wildman–Crippen LogP) is 3.40. The van der Waals surface area contributed by atoms with E-state index in [1.807, 2.05) is 18.3 Å². The van der Waals surface area contributed by atoms with E-state index in [1.54, 1.807) is 6.20 Å². The summed E-state index contributed by atoms with van der Waals surface area (Å²) < 4.78 is 0. The molecule has 0 spiro atoms. The third kappa shape index (κ3) is 2.80. The lowest BCUT2D eigenvalue weighted by molar-refractivity contribution is 0.671. The van der Waals surface area contributed by atoms with E-state index in [9.17, 15) is 5.26 Å². The quantitative estimate of drug-likeness (QED) is 0.938. The van der Waals surface area contributed by atoms with E-state index in [0.717, 1.165) is 48.3 Å². The third-order valence-electron chi connectivity index (χ3n) is 4.23. The Morgan fingerprint density at radius 3 is 2.77 bits per heavy atom. The van der Waals surface area contributed by atoms with E-state index >= 15 is 0 Å². The van der Waals surface area contributed by atoms with Gasteiger partial charge in [-0.05, 0) is 54.9 Å². The highest BCUT2D eigenvalue weighted by molar-refractivity contribution is 5.60. The summed E-state index contributed by atoms with van der Waals surface area (Å²) in [6.45, 7) is 2.77. The molecule has 112 valence electrons. The first-order valence-electron chi connectivity index (χ1n) is 7.91. The fourth-order valence-electron chi connectivity index (χ4n) is 3.13. The van der Waals surface area contributed by atoms with Crippen molar-refractivity contribution >= 4 is 5.82 Å². The Balaban J connectivity index is 1.95. The number of aryl methyl sites for hydroxylation is 1. The molecule has 0 saturated heterocycles. The molecule has 1 aliphatic carbocycles. The van der Waals surface area contributed by atoms with Gasteiger partial charge in [0.1, 0.15) is 11.9 Å². The normalized spacial score (nSPS) is 13.3. The van der Waals surface area contributed by atoms with Crippen LogP contribution in [0.5, 0.6) is 0 Å². The van der Waals surface area contributed by atoms with Gasteiger partial charge in [-0.1, -0.05) is 13.0 Å². The molecule has 1 aliphatic rings. The second-order valence-electron chi connectivity index (χ2n) is 5.63. The van der Waals surface area contributed by atoms with Crippen LogP contribution in [-0.2, 0) is 25.8 Å². The Labute approximate surface area is 131 Å². The van der Waals surface area contributed by atoms with E-state index < -0.39 is 0 Å². The van der Waals surface area contributed by atoms with Gasteiger partial charge in [0.2, 0.25) is 0 Å². The van der Waals surface area contributed by atoms with Crippen molar-refractivity contribution in [3.63, 3.8) is 0 Å². The van der Waals surface area contributed by atoms with Crippen LogP contribution in [-0.4, -0.2) is 9.97 Å². The molecule has 0 aliphatic heterocycles. The molecule has 22 heavy (non-hydrogen) atoms. The van der Waals surface area contributed by atoms with Gasteiger partial charge in [0, 0.05) is 24.6 Å². The first-order valence-corrected chi connectivity index (χ1v) is 7.91. The Morgan fingerprint density at radius 2 is 2.09 bits per heavy atom. The fraction of sp³-hybridized carbons (Fsp3) is 0.389. The molecule has 2 heterocycles. The van der Waals surface area contributed by atoms with Gasteiger partial charge >= 0.3 is 0 Å². The van der Waals surface area contributed by atoms with Gasteiger partial charge in [-0.2, -0.15) is 5.26 Å². The smallest absolute Gasteiger partial charge is 0.144 e. The lowest BCUT2D eigenvalue weighted by Crippen LogP contribution is -2.14. The maximum Gasteiger partial charge on any atom is 0.144 e. The van der Waals surface area contributed by atoms with Crippen LogP contribution in [0, 0.1) is 11.3 Å². The summed E-state index contributed by atoms with van der Waals surface area (Å²) in [5, 5.41) is 12.9. The minimum Gasteiger partial charge on any atom is -0.365 e. The van der Waals surface area contributed by atoms with Gasteiger partial charge < -0.3 is 5.32 Å². The van der Waals surface area contributed by atoms with Crippen LogP contribution in [0.4, 0.5) is 5.82 Å². The van der Waals surface area contributed by atoms with Gasteiger partial charge in [0.05, 0.1) is 5.56 Å². The molecule has 3 rings (SSSR count). The van der Waals surface area contributed by atoms with Crippen molar-refractivity contribution < 1.29 is 0 Å². The molecule has 1 N–H and O–H groups in total. The number of hydrogen-bond donors (Lipinski definition) is 1. The number of rotatable bonds is 4. The average molecular weight is 292 g/mol. The number of aromatic nitrogens is 2. The Morgan fingerprint density at radius 1 is 1.27 bits per heavy atom. The van der Waals surface area contributed by atoms with E-state index in [-0.39, 0.29) is 0 Å². The van der Waals surface area contributed by atoms with Crippen molar-refractivity contribution in [1.82, 2.24) is 9.97 Å². The molecule has 0 amide bonds. The molecular formula is C18H20N4. The Kier molecular flexibility index (Phi) is 4.34. The summed E-state index contributed by atoms with van der Waals surface area (Å²) in [6.07, 6.45) is 8.93. The Hall–Kier alpha value is -2.41. The number of nitriles is 1. The third-order valence-corrected chi connectivity index (χ3v) is 4.23. The molecule has 0 fully saturated rings. The molecule has 0 radical (unpaired) electrons. The number of fused-ring (bicyclic) bond motifs is 1. The molecule has 4 heteroatoms.